The molecule has 7 heteroatoms. The molecule has 4 rings (SSSR count). The lowest BCUT2D eigenvalue weighted by Crippen LogP contribution is -2.38. The molecule has 0 N–H and O–H groups in total. The summed E-state index contributed by atoms with van der Waals surface area (Å²) in [5.74, 6) is 0.595. The summed E-state index contributed by atoms with van der Waals surface area (Å²) < 4.78 is 5.70. The lowest BCUT2D eigenvalue weighted by molar-refractivity contribution is -0.142. The summed E-state index contributed by atoms with van der Waals surface area (Å²) in [7, 11) is 3.80. The maximum absolute atomic E-state index is 13.4. The molecule has 1 aromatic carbocycles. The summed E-state index contributed by atoms with van der Waals surface area (Å²) in [6.45, 7) is 1.47. The quantitative estimate of drug-likeness (QED) is 0.587. The van der Waals surface area contributed by atoms with E-state index in [-0.39, 0.29) is 5.91 Å². The number of rotatable bonds is 7. The summed E-state index contributed by atoms with van der Waals surface area (Å²) in [5, 5.41) is 0. The Kier molecular flexibility index (Phi) is 6.52. The Balaban J connectivity index is 1.70. The highest BCUT2D eigenvalue weighted by Crippen LogP contribution is 2.25. The van der Waals surface area contributed by atoms with E-state index in [2.05, 4.69) is 9.97 Å². The van der Waals surface area contributed by atoms with E-state index in [0.717, 1.165) is 35.4 Å². The Morgan fingerprint density at radius 2 is 1.87 bits per heavy atom. The molecule has 3 aromatic rings. The van der Waals surface area contributed by atoms with Crippen molar-refractivity contribution in [3.63, 3.8) is 0 Å². The van der Waals surface area contributed by atoms with Gasteiger partial charge in [0.1, 0.15) is 6.10 Å². The van der Waals surface area contributed by atoms with E-state index in [1.54, 1.807) is 12.4 Å². The number of hydrogen-bond donors (Lipinski definition) is 0. The third kappa shape index (κ3) is 5.06. The molecule has 31 heavy (non-hydrogen) atoms. The number of amides is 1. The molecule has 1 amide bonds. The number of hydrogen-bond acceptors (Lipinski definition) is 6. The minimum absolute atomic E-state index is 0.00154. The van der Waals surface area contributed by atoms with Gasteiger partial charge in [0, 0.05) is 45.2 Å². The molecular weight excluding hydrogens is 390 g/mol. The summed E-state index contributed by atoms with van der Waals surface area (Å²) in [6.07, 6.45) is 4.81. The Morgan fingerprint density at radius 1 is 1.06 bits per heavy atom. The fourth-order valence-electron chi connectivity index (χ4n) is 3.65. The maximum Gasteiger partial charge on any atom is 0.252 e. The topological polar surface area (TPSA) is 71.5 Å². The molecular formula is C24H27N5O2. The van der Waals surface area contributed by atoms with Crippen molar-refractivity contribution in [3.05, 3.63) is 72.2 Å². The zero-order chi connectivity index (χ0) is 21.6. The van der Waals surface area contributed by atoms with Gasteiger partial charge in [-0.25, -0.2) is 9.97 Å². The first-order valence-electron chi connectivity index (χ1n) is 10.5. The maximum atomic E-state index is 13.4. The largest absolute Gasteiger partial charge is 0.368 e. The smallest absolute Gasteiger partial charge is 0.252 e. The molecule has 3 heterocycles. The van der Waals surface area contributed by atoms with E-state index in [4.69, 9.17) is 9.72 Å². The molecule has 7 nitrogen and oxygen atoms in total. The molecule has 0 spiro atoms. The van der Waals surface area contributed by atoms with Crippen molar-refractivity contribution in [2.45, 2.75) is 32.0 Å². The van der Waals surface area contributed by atoms with E-state index in [1.807, 2.05) is 72.4 Å². The van der Waals surface area contributed by atoms with E-state index in [0.29, 0.717) is 25.6 Å². The molecule has 0 saturated carbocycles. The van der Waals surface area contributed by atoms with Gasteiger partial charge in [0.2, 0.25) is 5.95 Å². The first kappa shape index (κ1) is 20.9. The second-order valence-electron chi connectivity index (χ2n) is 7.82. The second-order valence-corrected chi connectivity index (χ2v) is 7.82. The van der Waals surface area contributed by atoms with Crippen molar-refractivity contribution in [2.24, 2.45) is 0 Å². The van der Waals surface area contributed by atoms with Crippen LogP contribution in [-0.4, -0.2) is 52.6 Å². The predicted molar refractivity (Wildman–Crippen MR) is 119 cm³/mol. The number of ether oxygens (including phenoxy) is 1. The van der Waals surface area contributed by atoms with Crippen LogP contribution in [0.25, 0.3) is 11.3 Å². The third-order valence-electron chi connectivity index (χ3n) is 5.27. The van der Waals surface area contributed by atoms with Crippen LogP contribution in [0.3, 0.4) is 0 Å². The number of anilines is 1. The van der Waals surface area contributed by atoms with Gasteiger partial charge in [0.15, 0.2) is 0 Å². The lowest BCUT2D eigenvalue weighted by Gasteiger charge is -2.26. The van der Waals surface area contributed by atoms with E-state index in [1.165, 1.54) is 0 Å². The fourth-order valence-corrected chi connectivity index (χ4v) is 3.65. The summed E-state index contributed by atoms with van der Waals surface area (Å²) >= 11 is 0. The first-order valence-corrected chi connectivity index (χ1v) is 10.5. The van der Waals surface area contributed by atoms with Crippen LogP contribution in [-0.2, 0) is 22.6 Å². The van der Waals surface area contributed by atoms with Crippen LogP contribution in [0.15, 0.2) is 60.9 Å². The van der Waals surface area contributed by atoms with Gasteiger partial charge in [-0.2, -0.15) is 0 Å². The van der Waals surface area contributed by atoms with Crippen molar-refractivity contribution in [3.8, 4) is 11.3 Å². The molecule has 1 fully saturated rings. The van der Waals surface area contributed by atoms with Crippen LogP contribution in [0.4, 0.5) is 5.95 Å². The minimum atomic E-state index is -0.392. The van der Waals surface area contributed by atoms with E-state index in [9.17, 15) is 4.79 Å². The summed E-state index contributed by atoms with van der Waals surface area (Å²) in [5.41, 5.74) is 3.44. The molecule has 0 radical (unpaired) electrons. The standard InChI is InChI=1S/C24H27N5O2/c1-28(2)24-26-15-19(20-11-6-7-13-25-20)21(27-24)17-29(16-18-9-4-3-5-10-18)23(30)22-12-8-14-31-22/h3-7,9-11,13,15,22H,8,12,14,16-17H2,1-2H3. The molecule has 1 aliphatic heterocycles. The van der Waals surface area contributed by atoms with Crippen molar-refractivity contribution in [1.29, 1.82) is 0 Å². The van der Waals surface area contributed by atoms with Crippen LogP contribution < -0.4 is 4.90 Å². The van der Waals surface area contributed by atoms with Crippen LogP contribution in [0.1, 0.15) is 24.1 Å². The molecule has 0 bridgehead atoms. The number of benzene rings is 1. The second kappa shape index (κ2) is 9.66. The van der Waals surface area contributed by atoms with Gasteiger partial charge < -0.3 is 14.5 Å². The van der Waals surface area contributed by atoms with Crippen LogP contribution >= 0.6 is 0 Å². The van der Waals surface area contributed by atoms with Crippen LogP contribution in [0.2, 0.25) is 0 Å². The Labute approximate surface area is 182 Å². The highest BCUT2D eigenvalue weighted by atomic mass is 16.5. The number of nitrogens with zero attached hydrogens (tertiary/aromatic N) is 5. The van der Waals surface area contributed by atoms with Gasteiger partial charge in [-0.15, -0.1) is 0 Å². The molecule has 1 atom stereocenters. The highest BCUT2D eigenvalue weighted by Gasteiger charge is 2.29. The van der Waals surface area contributed by atoms with Gasteiger partial charge in [0.25, 0.3) is 5.91 Å². The molecule has 1 saturated heterocycles. The van der Waals surface area contributed by atoms with E-state index < -0.39 is 6.10 Å². The highest BCUT2D eigenvalue weighted by molar-refractivity contribution is 5.81. The average Bonchev–Trinajstić information content (AvgIpc) is 3.34. The predicted octanol–water partition coefficient (Wildman–Crippen LogP) is 3.31. The van der Waals surface area contributed by atoms with Crippen LogP contribution in [0.5, 0.6) is 0 Å². The van der Waals surface area contributed by atoms with Crippen molar-refractivity contribution >= 4 is 11.9 Å². The average molecular weight is 418 g/mol. The van der Waals surface area contributed by atoms with Gasteiger partial charge in [-0.1, -0.05) is 36.4 Å². The molecule has 160 valence electrons. The minimum Gasteiger partial charge on any atom is -0.368 e. The normalized spacial score (nSPS) is 15.6. The van der Waals surface area contributed by atoms with Crippen molar-refractivity contribution < 1.29 is 9.53 Å². The number of pyridine rings is 1. The first-order chi connectivity index (χ1) is 15.1. The lowest BCUT2D eigenvalue weighted by atomic mass is 10.1. The molecule has 2 aromatic heterocycles. The summed E-state index contributed by atoms with van der Waals surface area (Å²) in [4.78, 5) is 30.8. The van der Waals surface area contributed by atoms with Gasteiger partial charge in [-0.05, 0) is 30.5 Å². The Morgan fingerprint density at radius 3 is 2.55 bits per heavy atom. The van der Waals surface area contributed by atoms with Crippen molar-refractivity contribution in [2.75, 3.05) is 25.6 Å². The van der Waals surface area contributed by atoms with Crippen LogP contribution in [0, 0.1) is 0 Å². The third-order valence-corrected chi connectivity index (χ3v) is 5.27. The van der Waals surface area contributed by atoms with Gasteiger partial charge in [0.05, 0.1) is 17.9 Å². The summed E-state index contributed by atoms with van der Waals surface area (Å²) in [6, 6.07) is 15.7. The number of carbonyl (C=O) groups excluding carboxylic acids is 1. The Hall–Kier alpha value is -3.32. The monoisotopic (exact) mass is 417 g/mol. The number of aromatic nitrogens is 3. The van der Waals surface area contributed by atoms with Crippen molar-refractivity contribution in [1.82, 2.24) is 19.9 Å². The molecule has 1 aliphatic rings. The molecule has 0 aliphatic carbocycles. The molecule has 1 unspecified atom stereocenters. The van der Waals surface area contributed by atoms with E-state index >= 15 is 0 Å². The zero-order valence-corrected chi connectivity index (χ0v) is 17.9. The van der Waals surface area contributed by atoms with Gasteiger partial charge in [-0.3, -0.25) is 9.78 Å². The fraction of sp³-hybridized carbons (Fsp3) is 0.333. The SMILES string of the molecule is CN(C)c1ncc(-c2ccccn2)c(CN(Cc2ccccc2)C(=O)C2CCCO2)n1. The van der Waals surface area contributed by atoms with Gasteiger partial charge >= 0.3 is 0 Å². The Bertz CT molecular complexity index is 1000. The zero-order valence-electron chi connectivity index (χ0n) is 17.9. The number of carbonyl (C=O) groups is 1.